The summed E-state index contributed by atoms with van der Waals surface area (Å²) in [5.41, 5.74) is 0.573. The zero-order chi connectivity index (χ0) is 17.4. The molecule has 1 heterocycles. The Kier molecular flexibility index (Phi) is 7.22. The van der Waals surface area contributed by atoms with Crippen molar-refractivity contribution in [2.75, 3.05) is 13.1 Å². The third-order valence-electron chi connectivity index (χ3n) is 4.54. The molecule has 0 spiro atoms. The number of nitrogens with zero attached hydrogens (tertiary/aromatic N) is 1. The van der Waals surface area contributed by atoms with Crippen LogP contribution in [0.5, 0.6) is 0 Å². The highest BCUT2D eigenvalue weighted by molar-refractivity contribution is 5.77. The molecule has 0 aromatic heterocycles. The van der Waals surface area contributed by atoms with Crippen molar-refractivity contribution in [1.82, 2.24) is 10.2 Å². The van der Waals surface area contributed by atoms with Gasteiger partial charge < -0.3 is 10.2 Å². The molecule has 2 rings (SSSR count). The average molecular weight is 334 g/mol. The van der Waals surface area contributed by atoms with E-state index in [1.54, 1.807) is 18.2 Å². The minimum absolute atomic E-state index is 0.0472. The fraction of sp³-hybridized carbons (Fsp3) is 0.579. The van der Waals surface area contributed by atoms with Gasteiger partial charge in [-0.3, -0.25) is 9.59 Å². The quantitative estimate of drug-likeness (QED) is 0.833. The summed E-state index contributed by atoms with van der Waals surface area (Å²) in [5.74, 6) is -0.0839. The van der Waals surface area contributed by atoms with E-state index in [-0.39, 0.29) is 30.1 Å². The van der Waals surface area contributed by atoms with Crippen LogP contribution in [0.3, 0.4) is 0 Å². The van der Waals surface area contributed by atoms with Gasteiger partial charge in [-0.05, 0) is 37.3 Å². The van der Waals surface area contributed by atoms with Gasteiger partial charge in [0.05, 0.1) is 0 Å². The molecule has 1 fully saturated rings. The predicted molar refractivity (Wildman–Crippen MR) is 92.0 cm³/mol. The van der Waals surface area contributed by atoms with E-state index in [0.717, 1.165) is 25.7 Å². The topological polar surface area (TPSA) is 49.4 Å². The van der Waals surface area contributed by atoms with Gasteiger partial charge in [0.15, 0.2) is 0 Å². The van der Waals surface area contributed by atoms with Crippen LogP contribution in [0, 0.1) is 5.82 Å². The third-order valence-corrected chi connectivity index (χ3v) is 4.54. The summed E-state index contributed by atoms with van der Waals surface area (Å²) in [5, 5.41) is 3.01. The number of hydrogen-bond acceptors (Lipinski definition) is 2. The predicted octanol–water partition coefficient (Wildman–Crippen LogP) is 3.06. The highest BCUT2D eigenvalue weighted by atomic mass is 19.1. The van der Waals surface area contributed by atoms with Gasteiger partial charge in [-0.15, -0.1) is 0 Å². The van der Waals surface area contributed by atoms with E-state index < -0.39 is 0 Å². The van der Waals surface area contributed by atoms with Crippen molar-refractivity contribution in [1.29, 1.82) is 0 Å². The molecule has 0 bridgehead atoms. The summed E-state index contributed by atoms with van der Waals surface area (Å²) < 4.78 is 13.5. The number of piperidine rings is 1. The number of hydrogen-bond donors (Lipinski definition) is 1. The molecule has 5 heteroatoms. The molecular formula is C19H27FN2O2. The van der Waals surface area contributed by atoms with E-state index in [1.165, 1.54) is 6.07 Å². The summed E-state index contributed by atoms with van der Waals surface area (Å²) in [6, 6.07) is 6.67. The molecule has 1 N–H and O–H groups in total. The Hall–Kier alpha value is -1.91. The molecule has 0 aliphatic carbocycles. The van der Waals surface area contributed by atoms with Crippen LogP contribution in [0.4, 0.5) is 4.39 Å². The zero-order valence-corrected chi connectivity index (χ0v) is 14.4. The van der Waals surface area contributed by atoms with Gasteiger partial charge >= 0.3 is 0 Å². The smallest absolute Gasteiger partial charge is 0.222 e. The van der Waals surface area contributed by atoms with Crippen molar-refractivity contribution in [2.45, 2.75) is 57.9 Å². The Morgan fingerprint density at radius 2 is 1.92 bits per heavy atom. The lowest BCUT2D eigenvalue weighted by Gasteiger charge is -2.32. The van der Waals surface area contributed by atoms with Gasteiger partial charge in [0.1, 0.15) is 5.82 Å². The Balaban J connectivity index is 1.69. The molecule has 0 saturated carbocycles. The number of nitrogens with one attached hydrogen (secondary N) is 1. The Bertz CT molecular complexity index is 554. The standard InChI is InChI=1S/C19H27FN2O2/c1-2-3-8-19(24)22-13-11-16(12-14-22)21-18(23)10-9-15-6-4-5-7-17(15)20/h4-7,16H,2-3,8-14H2,1H3,(H,21,23). The number of halogens is 1. The highest BCUT2D eigenvalue weighted by Crippen LogP contribution is 2.14. The second kappa shape index (κ2) is 9.40. The number of aryl methyl sites for hydroxylation is 1. The maximum atomic E-state index is 13.5. The summed E-state index contributed by atoms with van der Waals surface area (Å²) in [7, 11) is 0. The fourth-order valence-electron chi connectivity index (χ4n) is 3.01. The molecule has 0 unspecified atom stereocenters. The van der Waals surface area contributed by atoms with Crippen LogP contribution in [-0.4, -0.2) is 35.8 Å². The van der Waals surface area contributed by atoms with E-state index >= 15 is 0 Å². The average Bonchev–Trinajstić information content (AvgIpc) is 2.59. The largest absolute Gasteiger partial charge is 0.353 e. The van der Waals surface area contributed by atoms with Crippen LogP contribution in [0.25, 0.3) is 0 Å². The molecule has 132 valence electrons. The molecule has 1 aromatic carbocycles. The molecule has 4 nitrogen and oxygen atoms in total. The van der Waals surface area contributed by atoms with E-state index in [1.807, 2.05) is 4.90 Å². The van der Waals surface area contributed by atoms with Crippen molar-refractivity contribution in [3.8, 4) is 0 Å². The monoisotopic (exact) mass is 334 g/mol. The summed E-state index contributed by atoms with van der Waals surface area (Å²) in [6.45, 7) is 3.50. The first-order chi connectivity index (χ1) is 11.6. The Morgan fingerprint density at radius 1 is 1.21 bits per heavy atom. The van der Waals surface area contributed by atoms with Gasteiger partial charge in [-0.25, -0.2) is 4.39 Å². The molecule has 1 aliphatic rings. The van der Waals surface area contributed by atoms with Crippen molar-refractivity contribution >= 4 is 11.8 Å². The maximum absolute atomic E-state index is 13.5. The molecule has 2 amide bonds. The Labute approximate surface area is 143 Å². The lowest BCUT2D eigenvalue weighted by Crippen LogP contribution is -2.46. The van der Waals surface area contributed by atoms with Crippen LogP contribution in [0.15, 0.2) is 24.3 Å². The number of benzene rings is 1. The van der Waals surface area contributed by atoms with Crippen LogP contribution < -0.4 is 5.32 Å². The first-order valence-electron chi connectivity index (χ1n) is 8.90. The molecule has 24 heavy (non-hydrogen) atoms. The van der Waals surface area contributed by atoms with Gasteiger partial charge in [0.25, 0.3) is 0 Å². The number of unbranched alkanes of at least 4 members (excludes halogenated alkanes) is 1. The number of likely N-dealkylation sites (tertiary alicyclic amines) is 1. The third kappa shape index (κ3) is 5.62. The summed E-state index contributed by atoms with van der Waals surface area (Å²) in [4.78, 5) is 25.9. The van der Waals surface area contributed by atoms with Gasteiger partial charge in [-0.1, -0.05) is 31.5 Å². The number of rotatable bonds is 7. The maximum Gasteiger partial charge on any atom is 0.222 e. The fourth-order valence-corrected chi connectivity index (χ4v) is 3.01. The molecule has 1 saturated heterocycles. The zero-order valence-electron chi connectivity index (χ0n) is 14.4. The molecule has 0 atom stereocenters. The molecule has 0 radical (unpaired) electrons. The van der Waals surface area contributed by atoms with Crippen molar-refractivity contribution in [3.63, 3.8) is 0 Å². The van der Waals surface area contributed by atoms with Crippen LogP contribution >= 0.6 is 0 Å². The SMILES string of the molecule is CCCCC(=O)N1CCC(NC(=O)CCc2ccccc2F)CC1. The van der Waals surface area contributed by atoms with E-state index in [2.05, 4.69) is 12.2 Å². The first-order valence-corrected chi connectivity index (χ1v) is 8.90. The van der Waals surface area contributed by atoms with E-state index in [9.17, 15) is 14.0 Å². The van der Waals surface area contributed by atoms with Crippen molar-refractivity contribution in [2.24, 2.45) is 0 Å². The Morgan fingerprint density at radius 3 is 2.58 bits per heavy atom. The number of amides is 2. The summed E-state index contributed by atoms with van der Waals surface area (Å²) in [6.07, 6.45) is 4.87. The lowest BCUT2D eigenvalue weighted by molar-refractivity contribution is -0.132. The molecule has 1 aliphatic heterocycles. The minimum atomic E-state index is -0.260. The lowest BCUT2D eigenvalue weighted by atomic mass is 10.0. The highest BCUT2D eigenvalue weighted by Gasteiger charge is 2.23. The second-order valence-electron chi connectivity index (χ2n) is 6.42. The van der Waals surface area contributed by atoms with Crippen LogP contribution in [-0.2, 0) is 16.0 Å². The number of carbonyl (C=O) groups excluding carboxylic acids is 2. The first kappa shape index (κ1) is 18.4. The van der Waals surface area contributed by atoms with Crippen molar-refractivity contribution in [3.05, 3.63) is 35.6 Å². The van der Waals surface area contributed by atoms with E-state index in [4.69, 9.17) is 0 Å². The van der Waals surface area contributed by atoms with E-state index in [0.29, 0.717) is 31.5 Å². The van der Waals surface area contributed by atoms with Crippen LogP contribution in [0.2, 0.25) is 0 Å². The normalized spacial score (nSPS) is 15.3. The minimum Gasteiger partial charge on any atom is -0.353 e. The molecule has 1 aromatic rings. The van der Waals surface area contributed by atoms with Crippen LogP contribution in [0.1, 0.15) is 51.0 Å². The van der Waals surface area contributed by atoms with Gasteiger partial charge in [0.2, 0.25) is 11.8 Å². The summed E-state index contributed by atoms with van der Waals surface area (Å²) >= 11 is 0. The molecular weight excluding hydrogens is 307 g/mol. The number of carbonyl (C=O) groups is 2. The van der Waals surface area contributed by atoms with Crippen molar-refractivity contribution < 1.29 is 14.0 Å². The van der Waals surface area contributed by atoms with Gasteiger partial charge in [-0.2, -0.15) is 0 Å². The second-order valence-corrected chi connectivity index (χ2v) is 6.42. The van der Waals surface area contributed by atoms with Gasteiger partial charge in [0, 0.05) is 32.0 Å².